The Kier molecular flexibility index (Phi) is 6.52. The molecular formula is C32H36N4O2. The van der Waals surface area contributed by atoms with Crippen molar-refractivity contribution >= 4 is 11.8 Å². The van der Waals surface area contributed by atoms with Crippen molar-refractivity contribution in [3.8, 4) is 11.1 Å². The molecule has 6 heteroatoms. The van der Waals surface area contributed by atoms with Crippen molar-refractivity contribution in [1.29, 1.82) is 0 Å². The lowest BCUT2D eigenvalue weighted by molar-refractivity contribution is -0.136. The number of amides is 2. The molecule has 1 aliphatic carbocycles. The maximum Gasteiger partial charge on any atom is 0.248 e. The van der Waals surface area contributed by atoms with Gasteiger partial charge in [0.25, 0.3) is 0 Å². The van der Waals surface area contributed by atoms with Gasteiger partial charge >= 0.3 is 0 Å². The molecule has 1 unspecified atom stereocenters. The van der Waals surface area contributed by atoms with Crippen molar-refractivity contribution in [3.05, 3.63) is 88.7 Å². The number of piperidine rings is 1. The van der Waals surface area contributed by atoms with E-state index in [1.807, 2.05) is 29.3 Å². The number of carbonyl (C=O) groups is 2. The molecule has 6 nitrogen and oxygen atoms in total. The maximum atomic E-state index is 12.9. The average molecular weight is 509 g/mol. The van der Waals surface area contributed by atoms with Crippen LogP contribution >= 0.6 is 0 Å². The van der Waals surface area contributed by atoms with Gasteiger partial charge in [-0.25, -0.2) is 0 Å². The van der Waals surface area contributed by atoms with Crippen LogP contribution in [-0.4, -0.2) is 52.8 Å². The van der Waals surface area contributed by atoms with E-state index in [2.05, 4.69) is 41.1 Å². The monoisotopic (exact) mass is 508 g/mol. The first-order valence-corrected chi connectivity index (χ1v) is 13.9. The zero-order chi connectivity index (χ0) is 26.3. The summed E-state index contributed by atoms with van der Waals surface area (Å²) in [6.45, 7) is 6.10. The fourth-order valence-corrected chi connectivity index (χ4v) is 6.60. The highest BCUT2D eigenvalue weighted by Gasteiger charge is 2.48. The van der Waals surface area contributed by atoms with Gasteiger partial charge in [0.2, 0.25) is 11.8 Å². The summed E-state index contributed by atoms with van der Waals surface area (Å²) >= 11 is 0. The zero-order valence-electron chi connectivity index (χ0n) is 22.2. The molecule has 2 aliphatic heterocycles. The van der Waals surface area contributed by atoms with E-state index in [0.29, 0.717) is 23.4 Å². The van der Waals surface area contributed by atoms with Crippen LogP contribution in [0.2, 0.25) is 0 Å². The van der Waals surface area contributed by atoms with Crippen LogP contribution in [0.15, 0.2) is 60.8 Å². The number of carbonyl (C=O) groups excluding carboxylic acids is 2. The SMILES string of the molecule is CCc1ccc(CC(=O)N2CCC3(CC2)CN(C2CCc4cc(-c5ccc(C(N)=O)cc5)ccc42)C3)nc1. The summed E-state index contributed by atoms with van der Waals surface area (Å²) in [4.78, 5) is 33.4. The van der Waals surface area contributed by atoms with E-state index in [4.69, 9.17) is 5.73 Å². The highest BCUT2D eigenvalue weighted by molar-refractivity contribution is 5.93. The normalized spacial score (nSPS) is 20.2. The van der Waals surface area contributed by atoms with Gasteiger partial charge in [0.15, 0.2) is 0 Å². The second kappa shape index (κ2) is 9.99. The van der Waals surface area contributed by atoms with Gasteiger partial charge in [-0.15, -0.1) is 0 Å². The minimum atomic E-state index is -0.395. The molecule has 0 saturated carbocycles. The molecule has 2 amide bonds. The second-order valence-corrected chi connectivity index (χ2v) is 11.4. The molecule has 0 bridgehead atoms. The van der Waals surface area contributed by atoms with Crippen molar-refractivity contribution in [1.82, 2.24) is 14.8 Å². The largest absolute Gasteiger partial charge is 0.366 e. The topological polar surface area (TPSA) is 79.5 Å². The zero-order valence-corrected chi connectivity index (χ0v) is 22.2. The summed E-state index contributed by atoms with van der Waals surface area (Å²) in [5.74, 6) is -0.189. The lowest BCUT2D eigenvalue weighted by atomic mass is 9.71. The Labute approximate surface area is 224 Å². The number of hydrogen-bond acceptors (Lipinski definition) is 4. The lowest BCUT2D eigenvalue weighted by Gasteiger charge is -2.56. The summed E-state index contributed by atoms with van der Waals surface area (Å²) in [5, 5.41) is 0. The predicted molar refractivity (Wildman–Crippen MR) is 149 cm³/mol. The third kappa shape index (κ3) is 4.73. The van der Waals surface area contributed by atoms with Crippen LogP contribution in [0.1, 0.15) is 65.0 Å². The molecule has 6 rings (SSSR count). The number of rotatable bonds is 6. The van der Waals surface area contributed by atoms with Gasteiger partial charge in [0.1, 0.15) is 0 Å². The number of fused-ring (bicyclic) bond motifs is 1. The van der Waals surface area contributed by atoms with Crippen LogP contribution in [0.3, 0.4) is 0 Å². The Hall–Kier alpha value is -3.51. The number of pyridine rings is 1. The van der Waals surface area contributed by atoms with E-state index in [9.17, 15) is 9.59 Å². The quantitative estimate of drug-likeness (QED) is 0.529. The van der Waals surface area contributed by atoms with E-state index >= 15 is 0 Å². The van der Waals surface area contributed by atoms with Crippen LogP contribution in [0, 0.1) is 5.41 Å². The van der Waals surface area contributed by atoms with Gasteiger partial charge in [-0.3, -0.25) is 19.5 Å². The number of nitrogens with zero attached hydrogens (tertiary/aromatic N) is 3. The maximum absolute atomic E-state index is 12.9. The highest BCUT2D eigenvalue weighted by Crippen LogP contribution is 2.48. The fraction of sp³-hybridized carbons (Fsp3) is 0.406. The first kappa shape index (κ1) is 24.8. The van der Waals surface area contributed by atoms with Crippen molar-refractivity contribution in [3.63, 3.8) is 0 Å². The lowest BCUT2D eigenvalue weighted by Crippen LogP contribution is -2.61. The molecule has 2 aromatic carbocycles. The molecule has 2 N–H and O–H groups in total. The molecule has 3 heterocycles. The number of hydrogen-bond donors (Lipinski definition) is 1. The molecular weight excluding hydrogens is 472 g/mol. The van der Waals surface area contributed by atoms with Gasteiger partial charge in [-0.1, -0.05) is 43.3 Å². The number of nitrogens with two attached hydrogens (primary N) is 1. The van der Waals surface area contributed by atoms with Gasteiger partial charge in [-0.05, 0) is 83.5 Å². The van der Waals surface area contributed by atoms with Gasteiger partial charge < -0.3 is 10.6 Å². The average Bonchev–Trinajstić information content (AvgIpc) is 3.35. The minimum absolute atomic E-state index is 0.206. The predicted octanol–water partition coefficient (Wildman–Crippen LogP) is 4.56. The van der Waals surface area contributed by atoms with E-state index in [-0.39, 0.29) is 5.91 Å². The summed E-state index contributed by atoms with van der Waals surface area (Å²) < 4.78 is 0. The minimum Gasteiger partial charge on any atom is -0.366 e. The third-order valence-electron chi connectivity index (χ3n) is 9.01. The van der Waals surface area contributed by atoms with Crippen molar-refractivity contribution in [2.24, 2.45) is 11.1 Å². The Morgan fingerprint density at radius 1 is 1.00 bits per heavy atom. The molecule has 0 radical (unpaired) electrons. The third-order valence-corrected chi connectivity index (χ3v) is 9.01. The molecule has 3 aromatic rings. The van der Waals surface area contributed by atoms with E-state index in [1.54, 1.807) is 12.1 Å². The van der Waals surface area contributed by atoms with Crippen LogP contribution in [0.4, 0.5) is 0 Å². The smallest absolute Gasteiger partial charge is 0.248 e. The molecule has 1 aromatic heterocycles. The Bertz CT molecular complexity index is 1330. The standard InChI is InChI=1S/C32H36N4O2/c1-2-22-3-10-27(34-19-22)18-30(37)35-15-13-32(14-16-35)20-36(21-32)29-12-9-26-17-25(8-11-28(26)29)23-4-6-24(7-5-23)31(33)38/h3-8,10-11,17,19,29H,2,9,12-16,18,20-21H2,1H3,(H2,33,38). The number of primary amides is 1. The van der Waals surface area contributed by atoms with Crippen molar-refractivity contribution in [2.45, 2.75) is 51.5 Å². The number of benzene rings is 2. The summed E-state index contributed by atoms with van der Waals surface area (Å²) in [5.41, 5.74) is 13.6. The van der Waals surface area contributed by atoms with Crippen molar-refractivity contribution in [2.75, 3.05) is 26.2 Å². The van der Waals surface area contributed by atoms with Gasteiger partial charge in [0.05, 0.1) is 6.42 Å². The molecule has 1 spiro atoms. The molecule has 3 aliphatic rings. The van der Waals surface area contributed by atoms with Gasteiger partial charge in [-0.2, -0.15) is 0 Å². The molecule has 2 fully saturated rings. The number of aryl methyl sites for hydroxylation is 2. The Morgan fingerprint density at radius 3 is 2.39 bits per heavy atom. The molecule has 38 heavy (non-hydrogen) atoms. The van der Waals surface area contributed by atoms with E-state index in [1.165, 1.54) is 28.7 Å². The van der Waals surface area contributed by atoms with E-state index < -0.39 is 5.91 Å². The first-order valence-electron chi connectivity index (χ1n) is 13.9. The molecule has 196 valence electrons. The number of likely N-dealkylation sites (tertiary alicyclic amines) is 2. The summed E-state index contributed by atoms with van der Waals surface area (Å²) in [7, 11) is 0. The van der Waals surface area contributed by atoms with Crippen LogP contribution in [0.25, 0.3) is 11.1 Å². The number of aromatic nitrogens is 1. The second-order valence-electron chi connectivity index (χ2n) is 11.4. The van der Waals surface area contributed by atoms with E-state index in [0.717, 1.165) is 63.1 Å². The summed E-state index contributed by atoms with van der Waals surface area (Å²) in [6, 6.07) is 18.9. The van der Waals surface area contributed by atoms with Crippen LogP contribution in [0.5, 0.6) is 0 Å². The van der Waals surface area contributed by atoms with Crippen LogP contribution in [-0.2, 0) is 24.1 Å². The van der Waals surface area contributed by atoms with Crippen LogP contribution < -0.4 is 5.73 Å². The Morgan fingerprint density at radius 2 is 1.74 bits per heavy atom. The fourth-order valence-electron chi connectivity index (χ4n) is 6.60. The first-order chi connectivity index (χ1) is 18.4. The van der Waals surface area contributed by atoms with Crippen molar-refractivity contribution < 1.29 is 9.59 Å². The Balaban J connectivity index is 1.03. The molecule has 2 saturated heterocycles. The van der Waals surface area contributed by atoms with Gasteiger partial charge in [0, 0.05) is 49.7 Å². The molecule has 1 atom stereocenters. The highest BCUT2D eigenvalue weighted by atomic mass is 16.2. The summed E-state index contributed by atoms with van der Waals surface area (Å²) in [6.07, 6.45) is 7.72.